The summed E-state index contributed by atoms with van der Waals surface area (Å²) in [7, 11) is 3.24. The molecule has 0 unspecified atom stereocenters. The van der Waals surface area contributed by atoms with Crippen LogP contribution in [0, 0.1) is 22.7 Å². The number of rotatable bonds is 3. The lowest BCUT2D eigenvalue weighted by molar-refractivity contribution is 0.353. The SMILES string of the molecule is COc1cc2c(cc1OC)C1=C[C@H](c3ccccc3)C3(C(C#N)=C(C#N)N1CC2)c1cc(Cl)ccc1-c1ccc(Cl)cc13. The summed E-state index contributed by atoms with van der Waals surface area (Å²) in [5.74, 6) is 0.844. The molecule has 1 spiro atoms. The highest BCUT2D eigenvalue weighted by atomic mass is 35.5. The van der Waals surface area contributed by atoms with Crippen molar-refractivity contribution in [3.8, 4) is 34.8 Å². The average molecular weight is 603 g/mol. The minimum atomic E-state index is -1.08. The number of halogens is 2. The third-order valence-corrected chi connectivity index (χ3v) is 9.42. The van der Waals surface area contributed by atoms with E-state index in [9.17, 15) is 10.5 Å². The lowest BCUT2D eigenvalue weighted by atomic mass is 9.61. The summed E-state index contributed by atoms with van der Waals surface area (Å²) >= 11 is 13.4. The molecule has 5 nitrogen and oxygen atoms in total. The summed E-state index contributed by atoms with van der Waals surface area (Å²) in [4.78, 5) is 1.99. The van der Waals surface area contributed by atoms with Gasteiger partial charge < -0.3 is 14.4 Å². The van der Waals surface area contributed by atoms with Crippen LogP contribution in [0.4, 0.5) is 0 Å². The molecule has 3 aliphatic rings. The summed E-state index contributed by atoms with van der Waals surface area (Å²) in [5.41, 5.74) is 7.13. The zero-order chi connectivity index (χ0) is 29.9. The van der Waals surface area contributed by atoms with Gasteiger partial charge in [-0.1, -0.05) is 71.7 Å². The van der Waals surface area contributed by atoms with Crippen molar-refractivity contribution in [3.05, 3.63) is 134 Å². The first-order valence-electron chi connectivity index (χ1n) is 13.9. The van der Waals surface area contributed by atoms with E-state index < -0.39 is 11.3 Å². The van der Waals surface area contributed by atoms with Crippen LogP contribution in [0.5, 0.6) is 11.5 Å². The third-order valence-electron chi connectivity index (χ3n) is 8.95. The monoisotopic (exact) mass is 601 g/mol. The van der Waals surface area contributed by atoms with Crippen molar-refractivity contribution < 1.29 is 9.47 Å². The van der Waals surface area contributed by atoms with Crippen molar-refractivity contribution in [2.24, 2.45) is 0 Å². The Balaban J connectivity index is 1.67. The largest absolute Gasteiger partial charge is 0.493 e. The molecule has 43 heavy (non-hydrogen) atoms. The van der Waals surface area contributed by atoms with Gasteiger partial charge in [-0.05, 0) is 76.2 Å². The van der Waals surface area contributed by atoms with Crippen LogP contribution in [-0.4, -0.2) is 25.7 Å². The molecular formula is C36H25Cl2N3O2. The topological polar surface area (TPSA) is 69.3 Å². The van der Waals surface area contributed by atoms with E-state index in [0.717, 1.165) is 44.6 Å². The maximum absolute atomic E-state index is 11.1. The fraction of sp³-hybridized carbons (Fsp3) is 0.167. The maximum atomic E-state index is 11.1. The quantitative estimate of drug-likeness (QED) is 0.236. The fourth-order valence-electron chi connectivity index (χ4n) is 7.21. The van der Waals surface area contributed by atoms with Crippen LogP contribution in [0.3, 0.4) is 0 Å². The van der Waals surface area contributed by atoms with E-state index in [2.05, 4.69) is 30.3 Å². The van der Waals surface area contributed by atoms with Crippen molar-refractivity contribution in [1.29, 1.82) is 10.5 Å². The Kier molecular flexibility index (Phi) is 6.47. The molecule has 0 N–H and O–H groups in total. The number of ether oxygens (including phenoxy) is 2. The number of nitriles is 2. The molecule has 4 aromatic rings. The molecule has 210 valence electrons. The summed E-state index contributed by atoms with van der Waals surface area (Å²) in [6.07, 6.45) is 2.87. The average Bonchev–Trinajstić information content (AvgIpc) is 3.22. The first-order chi connectivity index (χ1) is 21.0. The van der Waals surface area contributed by atoms with Gasteiger partial charge in [0, 0.05) is 33.8 Å². The molecule has 2 aliphatic heterocycles. The van der Waals surface area contributed by atoms with Crippen LogP contribution in [0.15, 0.2) is 96.2 Å². The molecule has 0 saturated carbocycles. The minimum Gasteiger partial charge on any atom is -0.493 e. The Hall–Kier alpha value is -4.68. The zero-order valence-electron chi connectivity index (χ0n) is 23.5. The Morgan fingerprint density at radius 3 is 2.00 bits per heavy atom. The van der Waals surface area contributed by atoms with E-state index in [1.54, 1.807) is 14.2 Å². The highest BCUT2D eigenvalue weighted by Crippen LogP contribution is 2.62. The number of hydrogen-bond acceptors (Lipinski definition) is 5. The number of hydrogen-bond donors (Lipinski definition) is 0. The van der Waals surface area contributed by atoms with Crippen molar-refractivity contribution in [2.75, 3.05) is 20.8 Å². The molecule has 1 aliphatic carbocycles. The Labute approximate surface area is 260 Å². The second-order valence-electron chi connectivity index (χ2n) is 10.8. The van der Waals surface area contributed by atoms with Gasteiger partial charge in [-0.2, -0.15) is 10.5 Å². The molecule has 0 saturated heterocycles. The summed E-state index contributed by atoms with van der Waals surface area (Å²) in [6, 6.07) is 30.7. The summed E-state index contributed by atoms with van der Waals surface area (Å²) < 4.78 is 11.3. The van der Waals surface area contributed by atoms with Crippen LogP contribution in [0.2, 0.25) is 10.0 Å². The fourth-order valence-corrected chi connectivity index (χ4v) is 7.55. The number of benzene rings is 4. The van der Waals surface area contributed by atoms with Gasteiger partial charge in [0.2, 0.25) is 0 Å². The van der Waals surface area contributed by atoms with Crippen molar-refractivity contribution in [2.45, 2.75) is 17.8 Å². The van der Waals surface area contributed by atoms with Crippen LogP contribution < -0.4 is 9.47 Å². The smallest absolute Gasteiger partial charge is 0.161 e. The highest BCUT2D eigenvalue weighted by Gasteiger charge is 2.55. The van der Waals surface area contributed by atoms with Gasteiger partial charge in [-0.3, -0.25) is 0 Å². The second kappa shape index (κ2) is 10.2. The first kappa shape index (κ1) is 27.2. The molecule has 4 aromatic carbocycles. The normalized spacial score (nSPS) is 17.5. The van der Waals surface area contributed by atoms with Gasteiger partial charge >= 0.3 is 0 Å². The molecular weight excluding hydrogens is 577 g/mol. The first-order valence-corrected chi connectivity index (χ1v) is 14.7. The van der Waals surface area contributed by atoms with E-state index in [1.165, 1.54) is 0 Å². The number of methoxy groups -OCH3 is 2. The van der Waals surface area contributed by atoms with Gasteiger partial charge in [0.1, 0.15) is 11.8 Å². The predicted molar refractivity (Wildman–Crippen MR) is 168 cm³/mol. The number of nitrogens with zero attached hydrogens (tertiary/aromatic N) is 3. The number of allylic oxidation sites excluding steroid dienone is 3. The third kappa shape index (κ3) is 3.83. The Morgan fingerprint density at radius 1 is 0.791 bits per heavy atom. The van der Waals surface area contributed by atoms with E-state index in [0.29, 0.717) is 45.8 Å². The van der Waals surface area contributed by atoms with E-state index in [4.69, 9.17) is 32.7 Å². The second-order valence-corrected chi connectivity index (χ2v) is 11.7. The molecule has 0 aromatic heterocycles. The minimum absolute atomic E-state index is 0.311. The van der Waals surface area contributed by atoms with Gasteiger partial charge in [-0.25, -0.2) is 0 Å². The highest BCUT2D eigenvalue weighted by molar-refractivity contribution is 6.31. The molecule has 2 heterocycles. The molecule has 0 amide bonds. The van der Waals surface area contributed by atoms with Crippen LogP contribution >= 0.6 is 23.2 Å². The predicted octanol–water partition coefficient (Wildman–Crippen LogP) is 8.27. The number of fused-ring (bicyclic) bond motifs is 8. The van der Waals surface area contributed by atoms with Crippen LogP contribution in [0.1, 0.15) is 33.7 Å². The van der Waals surface area contributed by atoms with Crippen molar-refractivity contribution in [1.82, 2.24) is 4.90 Å². The molecule has 0 bridgehead atoms. The summed E-state index contributed by atoms with van der Waals surface area (Å²) in [5, 5.41) is 23.1. The maximum Gasteiger partial charge on any atom is 0.161 e. The van der Waals surface area contributed by atoms with Crippen LogP contribution in [0.25, 0.3) is 16.8 Å². The molecule has 0 fully saturated rings. The standard InChI is InChI=1S/C36H25Cl2N3O2/c1-42-34-14-22-12-13-41-32(27(22)17-35(34)43-2)18-28(21-6-4-3-5-7-21)36(31(19-39)33(41)20-40)29-15-23(37)8-10-25(29)26-11-9-24(38)16-30(26)36/h3-11,14-18,28H,12-13H2,1-2H3/t28-/m1/s1. The van der Waals surface area contributed by atoms with E-state index in [-0.39, 0.29) is 0 Å². The molecule has 7 heteroatoms. The zero-order valence-corrected chi connectivity index (χ0v) is 25.0. The lowest BCUT2D eigenvalue weighted by Crippen LogP contribution is -2.35. The van der Waals surface area contributed by atoms with Gasteiger partial charge in [0.05, 0.1) is 31.3 Å². The molecule has 1 atom stereocenters. The lowest BCUT2D eigenvalue weighted by Gasteiger charge is -2.38. The molecule has 0 radical (unpaired) electrons. The van der Waals surface area contributed by atoms with Gasteiger partial charge in [0.15, 0.2) is 11.5 Å². The van der Waals surface area contributed by atoms with E-state index in [1.807, 2.05) is 71.6 Å². The van der Waals surface area contributed by atoms with Gasteiger partial charge in [-0.15, -0.1) is 0 Å². The molecule has 7 rings (SSSR count). The van der Waals surface area contributed by atoms with Gasteiger partial charge in [0.25, 0.3) is 0 Å². The Bertz CT molecular complexity index is 1920. The van der Waals surface area contributed by atoms with E-state index >= 15 is 0 Å². The van der Waals surface area contributed by atoms with Crippen molar-refractivity contribution in [3.63, 3.8) is 0 Å². The van der Waals surface area contributed by atoms with Crippen molar-refractivity contribution >= 4 is 28.9 Å². The Morgan fingerprint density at radius 2 is 1.42 bits per heavy atom. The van der Waals surface area contributed by atoms with Crippen LogP contribution in [-0.2, 0) is 11.8 Å². The summed E-state index contributed by atoms with van der Waals surface area (Å²) in [6.45, 7) is 0.519.